The molecule has 2 atom stereocenters. The number of rotatable bonds is 5. The predicted molar refractivity (Wildman–Crippen MR) is 114 cm³/mol. The van der Waals surface area contributed by atoms with Crippen molar-refractivity contribution in [3.63, 3.8) is 0 Å². The van der Waals surface area contributed by atoms with E-state index in [1.165, 1.54) is 0 Å². The van der Waals surface area contributed by atoms with Gasteiger partial charge in [0.25, 0.3) is 10.2 Å². The molecule has 1 aromatic carbocycles. The van der Waals surface area contributed by atoms with Gasteiger partial charge in [-0.25, -0.2) is 0 Å². The van der Waals surface area contributed by atoms with Crippen LogP contribution in [0.5, 0.6) is 5.75 Å². The highest BCUT2D eigenvalue weighted by Crippen LogP contribution is 2.44. The lowest BCUT2D eigenvalue weighted by Gasteiger charge is -2.48. The molecule has 8 heteroatoms. The average molecular weight is 424 g/mol. The maximum atomic E-state index is 13.3. The van der Waals surface area contributed by atoms with E-state index >= 15 is 0 Å². The summed E-state index contributed by atoms with van der Waals surface area (Å²) < 4.78 is 41.0. The predicted octanol–water partition coefficient (Wildman–Crippen LogP) is 2.20. The van der Waals surface area contributed by atoms with E-state index in [9.17, 15) is 8.42 Å². The Bertz CT molecular complexity index is 806. The van der Waals surface area contributed by atoms with Crippen LogP contribution in [-0.2, 0) is 14.9 Å². The summed E-state index contributed by atoms with van der Waals surface area (Å²) in [5, 5.41) is 0. The summed E-state index contributed by atoms with van der Waals surface area (Å²) in [4.78, 5) is 2.42. The Balaban J connectivity index is 1.60. The van der Waals surface area contributed by atoms with Crippen LogP contribution in [-0.4, -0.2) is 75.6 Å². The maximum Gasteiger partial charge on any atom is 0.282 e. The summed E-state index contributed by atoms with van der Waals surface area (Å²) in [6.45, 7) is 11.0. The number of ether oxygens (including phenoxy) is 2. The van der Waals surface area contributed by atoms with Crippen LogP contribution in [0, 0.1) is 11.3 Å². The zero-order chi connectivity index (χ0) is 20.6. The van der Waals surface area contributed by atoms with E-state index in [-0.39, 0.29) is 11.5 Å². The second-order valence-corrected chi connectivity index (χ2v) is 10.9. The van der Waals surface area contributed by atoms with E-state index in [1.807, 2.05) is 19.1 Å². The lowest BCUT2D eigenvalue weighted by atomic mass is 9.73. The second kappa shape index (κ2) is 8.06. The van der Waals surface area contributed by atoms with Crippen LogP contribution < -0.4 is 9.64 Å². The van der Waals surface area contributed by atoms with Gasteiger partial charge in [-0.15, -0.1) is 0 Å². The van der Waals surface area contributed by atoms with Crippen molar-refractivity contribution in [1.82, 2.24) is 8.61 Å². The fraction of sp³-hybridized carbons (Fsp3) is 0.714. The molecule has 0 saturated carbocycles. The number of morpholine rings is 1. The third kappa shape index (κ3) is 4.13. The second-order valence-electron chi connectivity index (χ2n) is 8.99. The Kier molecular flexibility index (Phi) is 5.81. The molecule has 0 amide bonds. The van der Waals surface area contributed by atoms with Crippen LogP contribution in [0.2, 0.25) is 0 Å². The molecule has 162 valence electrons. The van der Waals surface area contributed by atoms with Gasteiger partial charge < -0.3 is 14.4 Å². The Morgan fingerprint density at radius 3 is 2.41 bits per heavy atom. The minimum atomic E-state index is -3.46. The van der Waals surface area contributed by atoms with Crippen LogP contribution in [0.3, 0.4) is 0 Å². The summed E-state index contributed by atoms with van der Waals surface area (Å²) in [6, 6.07) is 8.35. The Morgan fingerprint density at radius 2 is 1.76 bits per heavy atom. The van der Waals surface area contributed by atoms with Gasteiger partial charge in [-0.3, -0.25) is 0 Å². The molecule has 0 spiro atoms. The van der Waals surface area contributed by atoms with E-state index in [0.29, 0.717) is 51.9 Å². The zero-order valence-corrected chi connectivity index (χ0v) is 18.5. The highest BCUT2D eigenvalue weighted by molar-refractivity contribution is 7.86. The quantitative estimate of drug-likeness (QED) is 0.727. The summed E-state index contributed by atoms with van der Waals surface area (Å²) in [6.07, 6.45) is 1.04. The van der Waals surface area contributed by atoms with E-state index < -0.39 is 10.2 Å². The molecule has 4 saturated heterocycles. The van der Waals surface area contributed by atoms with Gasteiger partial charge in [-0.05, 0) is 48.9 Å². The first kappa shape index (κ1) is 20.9. The molecule has 0 aliphatic carbocycles. The Labute approximate surface area is 174 Å². The number of anilines is 1. The first-order chi connectivity index (χ1) is 13.8. The van der Waals surface area contributed by atoms with Crippen molar-refractivity contribution in [3.05, 3.63) is 24.3 Å². The molecule has 0 N–H and O–H groups in total. The molecule has 4 fully saturated rings. The molecular formula is C21H33N3O4S. The van der Waals surface area contributed by atoms with Crippen molar-refractivity contribution >= 4 is 15.9 Å². The monoisotopic (exact) mass is 423 g/mol. The van der Waals surface area contributed by atoms with Gasteiger partial charge in [0.2, 0.25) is 0 Å². The molecule has 1 aromatic rings. The first-order valence-corrected chi connectivity index (χ1v) is 12.0. The molecule has 4 aliphatic rings. The summed E-state index contributed by atoms with van der Waals surface area (Å²) in [7, 11) is -3.46. The average Bonchev–Trinajstić information content (AvgIpc) is 2.97. The van der Waals surface area contributed by atoms with Crippen LogP contribution in [0.25, 0.3) is 0 Å². The van der Waals surface area contributed by atoms with Crippen molar-refractivity contribution in [2.75, 3.05) is 57.4 Å². The minimum absolute atomic E-state index is 0.0385. The lowest BCUT2D eigenvalue weighted by molar-refractivity contribution is 0.0700. The summed E-state index contributed by atoms with van der Waals surface area (Å²) in [5.41, 5.74) is 1.18. The summed E-state index contributed by atoms with van der Waals surface area (Å²) >= 11 is 0. The minimum Gasteiger partial charge on any atom is -0.494 e. The van der Waals surface area contributed by atoms with Crippen LogP contribution in [0.1, 0.15) is 27.2 Å². The van der Waals surface area contributed by atoms with E-state index in [1.54, 1.807) is 8.61 Å². The number of piperidine rings is 1. The smallest absolute Gasteiger partial charge is 0.282 e. The van der Waals surface area contributed by atoms with Gasteiger partial charge in [0.15, 0.2) is 0 Å². The van der Waals surface area contributed by atoms with Gasteiger partial charge in [0.05, 0.1) is 19.8 Å². The van der Waals surface area contributed by atoms with Gasteiger partial charge in [-0.2, -0.15) is 17.0 Å². The Morgan fingerprint density at radius 1 is 1.07 bits per heavy atom. The summed E-state index contributed by atoms with van der Waals surface area (Å²) in [5.74, 6) is 1.18. The number of nitrogens with zero attached hydrogens (tertiary/aromatic N) is 3. The number of hydrogen-bond donors (Lipinski definition) is 0. The molecule has 0 radical (unpaired) electrons. The molecule has 4 aliphatic heterocycles. The third-order valence-electron chi connectivity index (χ3n) is 6.49. The van der Waals surface area contributed by atoms with Crippen molar-refractivity contribution in [2.24, 2.45) is 11.3 Å². The lowest BCUT2D eigenvalue weighted by Crippen LogP contribution is -2.55. The molecule has 0 aromatic heterocycles. The SMILES string of the molecule is CCOc1ccc(N2CC3CN(S(=O)(=O)N4CCOCC4)C[C@@H]2C(C)(C)C3)cc1. The van der Waals surface area contributed by atoms with Gasteiger partial charge in [-0.1, -0.05) is 13.8 Å². The molecule has 2 bridgehead atoms. The van der Waals surface area contributed by atoms with E-state index in [0.717, 1.165) is 24.4 Å². The normalized spacial score (nSPS) is 28.3. The molecule has 5 rings (SSSR count). The molecule has 29 heavy (non-hydrogen) atoms. The Hall–Kier alpha value is -1.35. The van der Waals surface area contributed by atoms with Crippen molar-refractivity contribution < 1.29 is 17.9 Å². The third-order valence-corrected chi connectivity index (χ3v) is 8.46. The van der Waals surface area contributed by atoms with Gasteiger partial charge in [0.1, 0.15) is 5.75 Å². The fourth-order valence-corrected chi connectivity index (χ4v) is 6.78. The number of hydrogen-bond acceptors (Lipinski definition) is 5. The van der Waals surface area contributed by atoms with Gasteiger partial charge in [0, 0.05) is 44.5 Å². The van der Waals surface area contributed by atoms with Crippen LogP contribution >= 0.6 is 0 Å². The largest absolute Gasteiger partial charge is 0.494 e. The topological polar surface area (TPSA) is 62.3 Å². The molecule has 4 heterocycles. The number of benzene rings is 1. The molecule has 1 unspecified atom stereocenters. The zero-order valence-electron chi connectivity index (χ0n) is 17.7. The van der Waals surface area contributed by atoms with Crippen molar-refractivity contribution in [1.29, 1.82) is 0 Å². The number of fused-ring (bicyclic) bond motifs is 4. The van der Waals surface area contributed by atoms with Crippen molar-refractivity contribution in [3.8, 4) is 5.75 Å². The highest BCUT2D eigenvalue weighted by Gasteiger charge is 2.49. The van der Waals surface area contributed by atoms with Gasteiger partial charge >= 0.3 is 0 Å². The first-order valence-electron chi connectivity index (χ1n) is 10.6. The van der Waals surface area contributed by atoms with Crippen LogP contribution in [0.15, 0.2) is 24.3 Å². The van der Waals surface area contributed by atoms with Crippen molar-refractivity contribution in [2.45, 2.75) is 33.2 Å². The molecule has 7 nitrogen and oxygen atoms in total. The fourth-order valence-electron chi connectivity index (χ4n) is 5.11. The molecular weight excluding hydrogens is 390 g/mol. The standard InChI is InChI=1S/C21H33N3O4S/c1-4-28-19-7-5-18(6-8-19)24-15-17-13-21(2,3)20(24)16-23(14-17)29(25,26)22-9-11-27-12-10-22/h5-8,17,20H,4,9-16H2,1-3H3/t17?,20-/m1/s1. The van der Waals surface area contributed by atoms with E-state index in [2.05, 4.69) is 30.9 Å². The highest BCUT2D eigenvalue weighted by atomic mass is 32.2. The van der Waals surface area contributed by atoms with E-state index in [4.69, 9.17) is 9.47 Å². The van der Waals surface area contributed by atoms with Crippen LogP contribution in [0.4, 0.5) is 5.69 Å². The maximum absolute atomic E-state index is 13.3.